The van der Waals surface area contributed by atoms with Crippen LogP contribution in [0.25, 0.3) is 0 Å². The highest BCUT2D eigenvalue weighted by atomic mass is 15.4. The van der Waals surface area contributed by atoms with Gasteiger partial charge in [0.15, 0.2) is 0 Å². The normalized spacial score (nSPS) is 27.1. The molecule has 16 heavy (non-hydrogen) atoms. The molecular formula is C11H23N5. The predicted molar refractivity (Wildman–Crippen MR) is 66.1 cm³/mol. The standard InChI is InChI=1S/C11H23N5/c1-2-6-13-11(15-12)14-9-5-7-16(8-9)10-3-4-10/h9-10H,2-8,12H2,1H3,(H2,13,14,15). The van der Waals surface area contributed by atoms with E-state index < -0.39 is 0 Å². The van der Waals surface area contributed by atoms with Gasteiger partial charge in [-0.1, -0.05) is 6.92 Å². The maximum Gasteiger partial charge on any atom is 0.205 e. The molecule has 0 bridgehead atoms. The Labute approximate surface area is 97.4 Å². The molecular weight excluding hydrogens is 202 g/mol. The molecule has 1 aliphatic heterocycles. The number of guanidine groups is 1. The highest BCUT2D eigenvalue weighted by Gasteiger charge is 2.34. The Hall–Kier alpha value is -0.810. The predicted octanol–water partition coefficient (Wildman–Crippen LogP) is 0.0420. The quantitative estimate of drug-likeness (QED) is 0.274. The number of hydrogen-bond acceptors (Lipinski definition) is 3. The van der Waals surface area contributed by atoms with E-state index in [2.05, 4.69) is 27.6 Å². The Bertz CT molecular complexity index is 249. The van der Waals surface area contributed by atoms with Gasteiger partial charge in [-0.25, -0.2) is 5.84 Å². The van der Waals surface area contributed by atoms with Crippen LogP contribution in [-0.2, 0) is 0 Å². The minimum Gasteiger partial charge on any atom is -0.351 e. The van der Waals surface area contributed by atoms with Crippen LogP contribution in [0.1, 0.15) is 32.6 Å². The van der Waals surface area contributed by atoms with Crippen molar-refractivity contribution in [3.63, 3.8) is 0 Å². The molecule has 0 spiro atoms. The largest absolute Gasteiger partial charge is 0.351 e. The summed E-state index contributed by atoms with van der Waals surface area (Å²) in [4.78, 5) is 6.94. The average molecular weight is 225 g/mol. The summed E-state index contributed by atoms with van der Waals surface area (Å²) in [7, 11) is 0. The summed E-state index contributed by atoms with van der Waals surface area (Å²) < 4.78 is 0. The zero-order valence-electron chi connectivity index (χ0n) is 10.1. The number of nitrogens with two attached hydrogens (primary N) is 1. The summed E-state index contributed by atoms with van der Waals surface area (Å²) >= 11 is 0. The van der Waals surface area contributed by atoms with Crippen molar-refractivity contribution in [1.29, 1.82) is 0 Å². The highest BCUT2D eigenvalue weighted by molar-refractivity contribution is 5.79. The molecule has 2 fully saturated rings. The molecule has 5 heteroatoms. The van der Waals surface area contributed by atoms with Crippen LogP contribution in [0.15, 0.2) is 4.99 Å². The van der Waals surface area contributed by atoms with E-state index in [0.29, 0.717) is 6.04 Å². The van der Waals surface area contributed by atoms with Crippen molar-refractivity contribution in [1.82, 2.24) is 15.6 Å². The average Bonchev–Trinajstić information content (AvgIpc) is 3.05. The third-order valence-electron chi connectivity index (χ3n) is 3.25. The Kier molecular flexibility index (Phi) is 4.01. The number of aliphatic imine (C=N–C) groups is 1. The number of hydrazine groups is 1. The first-order valence-corrected chi connectivity index (χ1v) is 6.35. The van der Waals surface area contributed by atoms with E-state index in [1.54, 1.807) is 0 Å². The van der Waals surface area contributed by atoms with Gasteiger partial charge in [-0.15, -0.1) is 0 Å². The number of nitrogens with one attached hydrogen (secondary N) is 2. The van der Waals surface area contributed by atoms with Crippen LogP contribution in [0.3, 0.4) is 0 Å². The van der Waals surface area contributed by atoms with Crippen LogP contribution in [0.2, 0.25) is 0 Å². The van der Waals surface area contributed by atoms with Crippen molar-refractivity contribution in [2.24, 2.45) is 10.8 Å². The van der Waals surface area contributed by atoms with E-state index in [-0.39, 0.29) is 0 Å². The maximum atomic E-state index is 5.44. The molecule has 0 radical (unpaired) electrons. The lowest BCUT2D eigenvalue weighted by Crippen LogP contribution is -2.47. The van der Waals surface area contributed by atoms with Gasteiger partial charge < -0.3 is 5.32 Å². The van der Waals surface area contributed by atoms with E-state index in [9.17, 15) is 0 Å². The third-order valence-corrected chi connectivity index (χ3v) is 3.25. The van der Waals surface area contributed by atoms with E-state index in [1.807, 2.05) is 0 Å². The van der Waals surface area contributed by atoms with Crippen LogP contribution in [-0.4, -0.2) is 42.6 Å². The van der Waals surface area contributed by atoms with Crippen molar-refractivity contribution >= 4 is 5.96 Å². The molecule has 0 amide bonds. The van der Waals surface area contributed by atoms with Gasteiger partial charge in [-0.05, 0) is 25.7 Å². The summed E-state index contributed by atoms with van der Waals surface area (Å²) in [5.41, 5.74) is 2.64. The molecule has 0 aromatic carbocycles. The van der Waals surface area contributed by atoms with E-state index in [4.69, 9.17) is 5.84 Å². The van der Waals surface area contributed by atoms with Gasteiger partial charge in [0.1, 0.15) is 0 Å². The summed E-state index contributed by atoms with van der Waals surface area (Å²) in [6.45, 7) is 5.29. The van der Waals surface area contributed by atoms with Crippen LogP contribution in [0.4, 0.5) is 0 Å². The Balaban J connectivity index is 1.75. The molecule has 0 aromatic heterocycles. The zero-order chi connectivity index (χ0) is 11.4. The first-order chi connectivity index (χ1) is 7.83. The summed E-state index contributed by atoms with van der Waals surface area (Å²) in [6, 6.07) is 1.38. The molecule has 5 nitrogen and oxygen atoms in total. The van der Waals surface area contributed by atoms with E-state index in [0.717, 1.165) is 31.5 Å². The molecule has 1 saturated carbocycles. The topological polar surface area (TPSA) is 65.7 Å². The monoisotopic (exact) mass is 225 g/mol. The van der Waals surface area contributed by atoms with Gasteiger partial charge in [-0.3, -0.25) is 15.3 Å². The third kappa shape index (κ3) is 3.09. The summed E-state index contributed by atoms with van der Waals surface area (Å²) in [5, 5.41) is 3.39. The molecule has 1 unspecified atom stereocenters. The number of hydrogen-bond donors (Lipinski definition) is 3. The SMILES string of the molecule is CCCN=C(NN)NC1CCN(C2CC2)C1. The van der Waals surface area contributed by atoms with E-state index in [1.165, 1.54) is 25.8 Å². The fourth-order valence-electron chi connectivity index (χ4n) is 2.23. The molecule has 4 N–H and O–H groups in total. The second-order valence-corrected chi connectivity index (χ2v) is 4.73. The summed E-state index contributed by atoms with van der Waals surface area (Å²) in [5.74, 6) is 6.18. The second kappa shape index (κ2) is 5.50. The molecule has 2 aliphatic rings. The van der Waals surface area contributed by atoms with Crippen molar-refractivity contribution in [2.75, 3.05) is 19.6 Å². The number of nitrogens with zero attached hydrogens (tertiary/aromatic N) is 2. The zero-order valence-corrected chi connectivity index (χ0v) is 10.1. The fraction of sp³-hybridized carbons (Fsp3) is 0.909. The van der Waals surface area contributed by atoms with Gasteiger partial charge in [0.25, 0.3) is 0 Å². The van der Waals surface area contributed by atoms with Gasteiger partial charge in [0, 0.05) is 31.7 Å². The maximum absolute atomic E-state index is 5.44. The summed E-state index contributed by atoms with van der Waals surface area (Å²) in [6.07, 6.45) is 5.02. The minimum atomic E-state index is 0.507. The molecule has 1 atom stereocenters. The van der Waals surface area contributed by atoms with Crippen molar-refractivity contribution < 1.29 is 0 Å². The van der Waals surface area contributed by atoms with Crippen LogP contribution in [0, 0.1) is 0 Å². The van der Waals surface area contributed by atoms with Crippen molar-refractivity contribution in [2.45, 2.75) is 44.7 Å². The minimum absolute atomic E-state index is 0.507. The Morgan fingerprint density at radius 1 is 1.44 bits per heavy atom. The molecule has 92 valence electrons. The highest BCUT2D eigenvalue weighted by Crippen LogP contribution is 2.29. The molecule has 1 heterocycles. The Morgan fingerprint density at radius 2 is 2.25 bits per heavy atom. The van der Waals surface area contributed by atoms with Gasteiger partial charge in [0.05, 0.1) is 0 Å². The first-order valence-electron chi connectivity index (χ1n) is 6.35. The lowest BCUT2D eigenvalue weighted by atomic mass is 10.3. The van der Waals surface area contributed by atoms with E-state index >= 15 is 0 Å². The number of likely N-dealkylation sites (tertiary alicyclic amines) is 1. The number of rotatable bonds is 4. The smallest absolute Gasteiger partial charge is 0.205 e. The second-order valence-electron chi connectivity index (χ2n) is 4.73. The van der Waals surface area contributed by atoms with Crippen LogP contribution in [0.5, 0.6) is 0 Å². The fourth-order valence-corrected chi connectivity index (χ4v) is 2.23. The lowest BCUT2D eigenvalue weighted by Gasteiger charge is -2.17. The first kappa shape index (κ1) is 11.7. The lowest BCUT2D eigenvalue weighted by molar-refractivity contribution is 0.321. The molecule has 1 aliphatic carbocycles. The van der Waals surface area contributed by atoms with Crippen molar-refractivity contribution in [3.05, 3.63) is 0 Å². The molecule has 2 rings (SSSR count). The molecule has 1 saturated heterocycles. The van der Waals surface area contributed by atoms with Crippen LogP contribution < -0.4 is 16.6 Å². The van der Waals surface area contributed by atoms with Gasteiger partial charge in [-0.2, -0.15) is 0 Å². The van der Waals surface area contributed by atoms with Gasteiger partial charge >= 0.3 is 0 Å². The van der Waals surface area contributed by atoms with Gasteiger partial charge in [0.2, 0.25) is 5.96 Å². The van der Waals surface area contributed by atoms with Crippen molar-refractivity contribution in [3.8, 4) is 0 Å². The molecule has 0 aromatic rings. The van der Waals surface area contributed by atoms with Crippen LogP contribution >= 0.6 is 0 Å². The Morgan fingerprint density at radius 3 is 2.88 bits per heavy atom.